The average Bonchev–Trinajstić information content (AvgIpc) is 2.81. The third-order valence-corrected chi connectivity index (χ3v) is 4.90. The molecular formula is C24H26FN3O5. The lowest BCUT2D eigenvalue weighted by Gasteiger charge is -2.21. The van der Waals surface area contributed by atoms with Crippen LogP contribution in [0.1, 0.15) is 31.4 Å². The Bertz CT molecular complexity index is 987. The lowest BCUT2D eigenvalue weighted by atomic mass is 9.99. The van der Waals surface area contributed by atoms with Crippen LogP contribution in [0.2, 0.25) is 0 Å². The van der Waals surface area contributed by atoms with Gasteiger partial charge in [-0.2, -0.15) is 5.26 Å². The first-order valence-corrected chi connectivity index (χ1v) is 10.4. The first-order chi connectivity index (χ1) is 15.8. The average molecular weight is 455 g/mol. The van der Waals surface area contributed by atoms with Gasteiger partial charge in [-0.05, 0) is 41.3 Å². The summed E-state index contributed by atoms with van der Waals surface area (Å²) in [4.78, 5) is 36.4. The molecule has 8 nitrogen and oxygen atoms in total. The van der Waals surface area contributed by atoms with Crippen LogP contribution in [0.4, 0.5) is 14.9 Å². The Morgan fingerprint density at radius 2 is 1.67 bits per heavy atom. The first-order valence-electron chi connectivity index (χ1n) is 10.4. The quantitative estimate of drug-likeness (QED) is 0.528. The normalized spacial score (nSPS) is 12.1. The zero-order valence-electron chi connectivity index (χ0n) is 18.5. The number of benzene rings is 2. The highest BCUT2D eigenvalue weighted by atomic mass is 19.1. The molecule has 0 bridgehead atoms. The van der Waals surface area contributed by atoms with E-state index in [0.717, 1.165) is 0 Å². The van der Waals surface area contributed by atoms with Crippen molar-refractivity contribution in [3.63, 3.8) is 0 Å². The molecule has 0 aliphatic rings. The maximum absolute atomic E-state index is 12.9. The Kier molecular flexibility index (Phi) is 9.83. The molecule has 0 saturated heterocycles. The Labute approximate surface area is 191 Å². The summed E-state index contributed by atoms with van der Waals surface area (Å²) in [6, 6.07) is 13.2. The molecular weight excluding hydrogens is 429 g/mol. The number of ether oxygens (including phenoxy) is 2. The highest BCUT2D eigenvalue weighted by Gasteiger charge is 2.28. The number of hydrogen-bond acceptors (Lipinski definition) is 6. The molecule has 0 spiro atoms. The Hall–Kier alpha value is -3.93. The van der Waals surface area contributed by atoms with E-state index in [2.05, 4.69) is 10.6 Å². The van der Waals surface area contributed by atoms with E-state index in [1.807, 2.05) is 6.92 Å². The maximum atomic E-state index is 12.9. The minimum Gasteiger partial charge on any atom is -0.449 e. The van der Waals surface area contributed by atoms with Crippen LogP contribution in [0, 0.1) is 23.1 Å². The number of alkyl carbamates (subject to hydrolysis) is 1. The summed E-state index contributed by atoms with van der Waals surface area (Å²) in [5, 5.41) is 13.8. The molecule has 0 radical (unpaired) electrons. The molecule has 0 aliphatic heterocycles. The van der Waals surface area contributed by atoms with Gasteiger partial charge in [0, 0.05) is 5.69 Å². The van der Waals surface area contributed by atoms with Crippen LogP contribution >= 0.6 is 0 Å². The number of halogens is 1. The van der Waals surface area contributed by atoms with E-state index in [1.165, 1.54) is 12.1 Å². The van der Waals surface area contributed by atoms with Gasteiger partial charge in [0.05, 0.1) is 6.42 Å². The molecule has 2 aromatic rings. The predicted octanol–water partition coefficient (Wildman–Crippen LogP) is 3.71. The topological polar surface area (TPSA) is 118 Å². The number of carbonyl (C=O) groups is 3. The van der Waals surface area contributed by atoms with Crippen molar-refractivity contribution in [2.24, 2.45) is 5.92 Å². The van der Waals surface area contributed by atoms with Gasteiger partial charge in [-0.3, -0.25) is 4.79 Å². The Balaban J connectivity index is 1.84. The minimum atomic E-state index is -0.922. The molecule has 2 atom stereocenters. The largest absolute Gasteiger partial charge is 0.449 e. The minimum absolute atomic E-state index is 0.0455. The van der Waals surface area contributed by atoms with Crippen LogP contribution in [-0.4, -0.2) is 30.6 Å². The van der Waals surface area contributed by atoms with Crippen molar-refractivity contribution < 1.29 is 28.2 Å². The molecule has 1 unspecified atom stereocenters. The second-order valence-corrected chi connectivity index (χ2v) is 7.40. The van der Waals surface area contributed by atoms with Gasteiger partial charge in [-0.1, -0.05) is 44.5 Å². The lowest BCUT2D eigenvalue weighted by molar-refractivity contribution is -0.146. The zero-order valence-corrected chi connectivity index (χ0v) is 18.5. The van der Waals surface area contributed by atoms with E-state index >= 15 is 0 Å². The smallest absolute Gasteiger partial charge is 0.408 e. The van der Waals surface area contributed by atoms with E-state index < -0.39 is 24.7 Å². The number of nitriles is 1. The van der Waals surface area contributed by atoms with Crippen molar-refractivity contribution in [2.75, 3.05) is 11.9 Å². The Morgan fingerprint density at radius 3 is 2.27 bits per heavy atom. The van der Waals surface area contributed by atoms with Crippen LogP contribution in [0.25, 0.3) is 0 Å². The standard InChI is InChI=1S/C24H26FN3O5/c1-3-16(2)22(23(30)32-13-12-26)28-24(31)33-15-18-6-10-20(11-7-18)27-21(29)14-17-4-8-19(25)9-5-17/h4-11,16,22H,3,13-15H2,1-2H3,(H,27,29)(H,28,31)/t16-,22?/m0/s1. The van der Waals surface area contributed by atoms with E-state index in [9.17, 15) is 18.8 Å². The summed E-state index contributed by atoms with van der Waals surface area (Å²) in [6.45, 7) is 3.20. The van der Waals surface area contributed by atoms with Gasteiger partial charge in [0.25, 0.3) is 0 Å². The van der Waals surface area contributed by atoms with Gasteiger partial charge in [-0.25, -0.2) is 14.0 Å². The summed E-state index contributed by atoms with van der Waals surface area (Å²) in [6.07, 6.45) is -0.0636. The molecule has 0 aromatic heterocycles. The molecule has 2 aromatic carbocycles. The molecule has 0 aliphatic carbocycles. The zero-order chi connectivity index (χ0) is 24.2. The number of esters is 1. The molecule has 9 heteroatoms. The third kappa shape index (κ3) is 8.61. The number of carbonyl (C=O) groups excluding carboxylic acids is 3. The van der Waals surface area contributed by atoms with Crippen LogP contribution in [-0.2, 0) is 32.1 Å². The van der Waals surface area contributed by atoms with Gasteiger partial charge >= 0.3 is 12.1 Å². The molecule has 0 heterocycles. The summed E-state index contributed by atoms with van der Waals surface area (Å²) >= 11 is 0. The van der Waals surface area contributed by atoms with E-state index in [-0.39, 0.29) is 30.7 Å². The maximum Gasteiger partial charge on any atom is 0.408 e. The van der Waals surface area contributed by atoms with Crippen LogP contribution in [0.5, 0.6) is 0 Å². The number of nitrogens with zero attached hydrogens (tertiary/aromatic N) is 1. The van der Waals surface area contributed by atoms with Crippen molar-refractivity contribution in [1.29, 1.82) is 5.26 Å². The van der Waals surface area contributed by atoms with Crippen LogP contribution in [0.3, 0.4) is 0 Å². The highest BCUT2D eigenvalue weighted by molar-refractivity contribution is 5.92. The van der Waals surface area contributed by atoms with Crippen molar-refractivity contribution in [1.82, 2.24) is 5.32 Å². The van der Waals surface area contributed by atoms with Gasteiger partial charge in [0.15, 0.2) is 6.61 Å². The fourth-order valence-corrected chi connectivity index (χ4v) is 2.86. The van der Waals surface area contributed by atoms with Gasteiger partial charge in [-0.15, -0.1) is 0 Å². The van der Waals surface area contributed by atoms with Crippen molar-refractivity contribution in [3.8, 4) is 6.07 Å². The molecule has 0 fully saturated rings. The second-order valence-electron chi connectivity index (χ2n) is 7.40. The number of amides is 2. The molecule has 2 N–H and O–H groups in total. The first kappa shape index (κ1) is 25.3. The molecule has 174 valence electrons. The predicted molar refractivity (Wildman–Crippen MR) is 118 cm³/mol. The van der Waals surface area contributed by atoms with Crippen molar-refractivity contribution in [2.45, 2.75) is 39.3 Å². The fourth-order valence-electron chi connectivity index (χ4n) is 2.86. The molecule has 33 heavy (non-hydrogen) atoms. The van der Waals surface area contributed by atoms with Crippen LogP contribution < -0.4 is 10.6 Å². The van der Waals surface area contributed by atoms with Crippen LogP contribution in [0.15, 0.2) is 48.5 Å². The third-order valence-electron chi connectivity index (χ3n) is 4.90. The van der Waals surface area contributed by atoms with Crippen molar-refractivity contribution >= 4 is 23.7 Å². The van der Waals surface area contributed by atoms with Gasteiger partial charge in [0.1, 0.15) is 24.5 Å². The summed E-state index contributed by atoms with van der Waals surface area (Å²) in [5.41, 5.74) is 1.93. The van der Waals surface area contributed by atoms with Gasteiger partial charge in [0.2, 0.25) is 5.91 Å². The number of anilines is 1. The van der Waals surface area contributed by atoms with E-state index in [4.69, 9.17) is 14.7 Å². The molecule has 2 rings (SSSR count). The fraction of sp³-hybridized carbons (Fsp3) is 0.333. The molecule has 2 amide bonds. The number of rotatable bonds is 10. The van der Waals surface area contributed by atoms with Gasteiger partial charge < -0.3 is 20.1 Å². The van der Waals surface area contributed by atoms with E-state index in [1.54, 1.807) is 49.4 Å². The summed E-state index contributed by atoms with van der Waals surface area (Å²) in [5.74, 6) is -1.51. The molecule has 0 saturated carbocycles. The summed E-state index contributed by atoms with van der Waals surface area (Å²) in [7, 11) is 0. The monoisotopic (exact) mass is 455 g/mol. The highest BCUT2D eigenvalue weighted by Crippen LogP contribution is 2.13. The summed E-state index contributed by atoms with van der Waals surface area (Å²) < 4.78 is 22.9. The lowest BCUT2D eigenvalue weighted by Crippen LogP contribution is -2.46. The van der Waals surface area contributed by atoms with Crippen molar-refractivity contribution in [3.05, 3.63) is 65.5 Å². The SMILES string of the molecule is CC[C@H](C)C(NC(=O)OCc1ccc(NC(=O)Cc2ccc(F)cc2)cc1)C(=O)OCC#N. The Morgan fingerprint density at radius 1 is 1.03 bits per heavy atom. The number of nitrogens with one attached hydrogen (secondary N) is 2. The van der Waals surface area contributed by atoms with E-state index in [0.29, 0.717) is 23.2 Å². The number of hydrogen-bond donors (Lipinski definition) is 2. The second kappa shape index (κ2) is 12.8.